The van der Waals surface area contributed by atoms with Gasteiger partial charge in [-0.25, -0.2) is 7.65 Å². The Balaban J connectivity index is 1.82. The number of carbonyl (C=O) groups excluding carboxylic acids is 1. The summed E-state index contributed by atoms with van der Waals surface area (Å²) in [5.74, 6) is 0. The Bertz CT molecular complexity index is 1060. The molecule has 2 atom stereocenters. The van der Waals surface area contributed by atoms with Gasteiger partial charge in [0.05, 0.1) is 12.3 Å². The highest BCUT2D eigenvalue weighted by Crippen LogP contribution is 2.46. The van der Waals surface area contributed by atoms with Crippen LogP contribution in [0.25, 0.3) is 0 Å². The van der Waals surface area contributed by atoms with Gasteiger partial charge >= 0.3 is 12.8 Å². The molecular formula is C27H43IN5O5PS. The van der Waals surface area contributed by atoms with Gasteiger partial charge in [-0.05, 0) is 92.5 Å². The molecule has 0 saturated heterocycles. The zero-order valence-corrected chi connectivity index (χ0v) is 27.0. The summed E-state index contributed by atoms with van der Waals surface area (Å²) in [6.45, 7) is 1.52. The lowest BCUT2D eigenvalue weighted by Crippen LogP contribution is -2.33. The molecule has 1 amide bonds. The summed E-state index contributed by atoms with van der Waals surface area (Å²) in [5, 5.41) is 23.4. The highest BCUT2D eigenvalue weighted by Gasteiger charge is 2.23. The highest BCUT2D eigenvalue weighted by molar-refractivity contribution is 14.1. The van der Waals surface area contributed by atoms with E-state index in [2.05, 4.69) is 10.6 Å². The molecule has 0 aromatic heterocycles. The van der Waals surface area contributed by atoms with Crippen molar-refractivity contribution in [3.8, 4) is 0 Å². The second-order valence-electron chi connectivity index (χ2n) is 9.79. The number of allylic oxidation sites excluding steroid dienone is 2. The van der Waals surface area contributed by atoms with Gasteiger partial charge in [-0.3, -0.25) is 5.41 Å². The van der Waals surface area contributed by atoms with Gasteiger partial charge in [0, 0.05) is 25.3 Å². The number of ether oxygens (including phenoxy) is 1. The lowest BCUT2D eigenvalue weighted by Gasteiger charge is -2.24. The van der Waals surface area contributed by atoms with Gasteiger partial charge in [0.2, 0.25) is 0 Å². The van der Waals surface area contributed by atoms with E-state index in [4.69, 9.17) is 40.5 Å². The van der Waals surface area contributed by atoms with Gasteiger partial charge in [-0.2, -0.15) is 0 Å². The minimum Gasteiger partial charge on any atom is -0.446 e. The number of unbranched alkanes of at least 4 members (excludes halogenated alkanes) is 3. The quantitative estimate of drug-likeness (QED) is 0.0523. The topological polar surface area (TPSA) is 163 Å². The van der Waals surface area contributed by atoms with Gasteiger partial charge in [0.1, 0.15) is 29.1 Å². The van der Waals surface area contributed by atoms with Crippen LogP contribution in [0.15, 0.2) is 35.4 Å². The van der Waals surface area contributed by atoms with Crippen LogP contribution < -0.4 is 16.4 Å². The van der Waals surface area contributed by atoms with E-state index in [-0.39, 0.29) is 6.10 Å². The van der Waals surface area contributed by atoms with Crippen molar-refractivity contribution in [2.45, 2.75) is 77.4 Å². The maximum Gasteiger partial charge on any atom is 0.407 e. The van der Waals surface area contributed by atoms with Crippen molar-refractivity contribution in [2.24, 2.45) is 5.73 Å². The van der Waals surface area contributed by atoms with Crippen LogP contribution in [0.2, 0.25) is 0 Å². The Labute approximate surface area is 257 Å². The average molecular weight is 708 g/mol. The molecule has 13 heteroatoms. The fraction of sp³-hybridized carbons (Fsp3) is 0.593. The molecule has 0 aliphatic heterocycles. The third-order valence-corrected chi connectivity index (χ3v) is 10.3. The van der Waals surface area contributed by atoms with Gasteiger partial charge in [0.25, 0.3) is 0 Å². The maximum absolute atomic E-state index is 12.0. The standard InChI is InChI=1S/C27H43IN5O5PS/c1-20(30)24-14-13-23(37-27(34)33-17-15-29)7-6-8-25(24)26(31)22-11-9-21(10-12-22)19-32-16-4-2-3-5-18-36-39(35,40)38-28/h9-12,23,30-32H,2-8,13-19,29H2,1H3,(H,33,34)(H,35,40)/b25-24-,30-20?,31-26?. The minimum atomic E-state index is -3.05. The first kappa shape index (κ1) is 34.9. The van der Waals surface area contributed by atoms with Gasteiger partial charge in [-0.1, -0.05) is 37.1 Å². The van der Waals surface area contributed by atoms with Crippen LogP contribution >= 0.6 is 29.7 Å². The van der Waals surface area contributed by atoms with Crippen molar-refractivity contribution < 1.29 is 21.8 Å². The molecule has 0 heterocycles. The van der Waals surface area contributed by atoms with Crippen LogP contribution in [0.4, 0.5) is 4.79 Å². The van der Waals surface area contributed by atoms with E-state index in [1.807, 2.05) is 24.3 Å². The number of carbonyl (C=O) groups is 1. The van der Waals surface area contributed by atoms with E-state index in [1.165, 1.54) is 0 Å². The van der Waals surface area contributed by atoms with Crippen molar-refractivity contribution in [1.82, 2.24) is 10.6 Å². The Morgan fingerprint density at radius 2 is 1.85 bits per heavy atom. The van der Waals surface area contributed by atoms with E-state index < -0.39 is 12.8 Å². The maximum atomic E-state index is 12.0. The third kappa shape index (κ3) is 13.2. The monoisotopic (exact) mass is 707 g/mol. The summed E-state index contributed by atoms with van der Waals surface area (Å²) in [7, 11) is 0. The predicted molar refractivity (Wildman–Crippen MR) is 172 cm³/mol. The first-order chi connectivity index (χ1) is 19.2. The molecule has 1 aliphatic carbocycles. The van der Waals surface area contributed by atoms with Crippen LogP contribution in [0, 0.1) is 10.8 Å². The molecule has 0 bridgehead atoms. The number of amides is 1. The molecule has 1 aromatic rings. The molecule has 2 unspecified atom stereocenters. The fourth-order valence-corrected chi connectivity index (χ4v) is 5.50. The second-order valence-corrected chi connectivity index (χ2v) is 13.7. The second kappa shape index (κ2) is 19.0. The molecule has 1 aromatic carbocycles. The number of hydrogen-bond acceptors (Lipinski definition) is 9. The van der Waals surface area contributed by atoms with Gasteiger partial charge in [-0.15, -0.1) is 0 Å². The number of nitrogens with one attached hydrogen (secondary N) is 4. The smallest absolute Gasteiger partial charge is 0.407 e. The largest absolute Gasteiger partial charge is 0.446 e. The van der Waals surface area contributed by atoms with E-state index in [0.717, 1.165) is 73.9 Å². The molecule has 10 nitrogen and oxygen atoms in total. The van der Waals surface area contributed by atoms with E-state index in [9.17, 15) is 9.69 Å². The van der Waals surface area contributed by atoms with Crippen LogP contribution in [0.1, 0.15) is 75.8 Å². The van der Waals surface area contributed by atoms with E-state index in [0.29, 0.717) is 50.4 Å². The minimum absolute atomic E-state index is 0.209. The number of halogens is 1. The molecule has 0 spiro atoms. The molecular weight excluding hydrogens is 664 g/mol. The molecule has 2 rings (SSSR count). The number of rotatable bonds is 17. The van der Waals surface area contributed by atoms with Crippen LogP contribution in [-0.4, -0.2) is 54.8 Å². The van der Waals surface area contributed by atoms with Gasteiger partial charge < -0.3 is 35.9 Å². The zero-order valence-electron chi connectivity index (χ0n) is 23.2. The van der Waals surface area contributed by atoms with Crippen molar-refractivity contribution in [2.75, 3.05) is 26.2 Å². The fourth-order valence-electron chi connectivity index (χ4n) is 4.53. The first-order valence-corrected chi connectivity index (χ1v) is 17.2. The number of alkyl carbamates (subject to hydrolysis) is 1. The molecule has 224 valence electrons. The summed E-state index contributed by atoms with van der Waals surface area (Å²) >= 11 is 6.37. The Morgan fingerprint density at radius 1 is 1.12 bits per heavy atom. The van der Waals surface area contributed by atoms with Gasteiger partial charge in [0.15, 0.2) is 0 Å². The van der Waals surface area contributed by atoms with Crippen LogP contribution in [0.5, 0.6) is 0 Å². The first-order valence-electron chi connectivity index (χ1n) is 13.8. The average Bonchev–Trinajstić information content (AvgIpc) is 2.92. The summed E-state index contributed by atoms with van der Waals surface area (Å²) in [5.41, 5.74) is 10.1. The molecule has 40 heavy (non-hydrogen) atoms. The molecule has 7 N–H and O–H groups in total. The summed E-state index contributed by atoms with van der Waals surface area (Å²) in [6, 6.07) is 8.07. The Hall–Kier alpha value is -1.25. The molecule has 0 radical (unpaired) electrons. The summed E-state index contributed by atoms with van der Waals surface area (Å²) < 4.78 is 15.4. The third-order valence-electron chi connectivity index (χ3n) is 6.64. The SMILES string of the molecule is CC(=N)/C1=C(\C(=N)c2ccc(CNCCCCCCOP(O)(=S)OI)cc2)CCCC(OC(=O)NCCN)CC1. The van der Waals surface area contributed by atoms with Crippen molar-refractivity contribution in [3.05, 3.63) is 46.5 Å². The number of benzene rings is 1. The van der Waals surface area contributed by atoms with Crippen molar-refractivity contribution >= 4 is 59.0 Å². The lowest BCUT2D eigenvalue weighted by molar-refractivity contribution is 0.0862. The highest BCUT2D eigenvalue weighted by atomic mass is 127. The van der Waals surface area contributed by atoms with Crippen molar-refractivity contribution in [1.29, 1.82) is 10.8 Å². The zero-order chi connectivity index (χ0) is 29.4. The summed E-state index contributed by atoms with van der Waals surface area (Å²) in [4.78, 5) is 21.5. The van der Waals surface area contributed by atoms with Crippen molar-refractivity contribution in [3.63, 3.8) is 0 Å². The van der Waals surface area contributed by atoms with Crippen LogP contribution in [0.3, 0.4) is 0 Å². The lowest BCUT2D eigenvalue weighted by atomic mass is 9.85. The predicted octanol–water partition coefficient (Wildman–Crippen LogP) is 5.66. The number of hydrogen-bond donors (Lipinski definition) is 6. The molecule has 0 fully saturated rings. The Kier molecular flexibility index (Phi) is 16.6. The Morgan fingerprint density at radius 3 is 2.52 bits per heavy atom. The van der Waals surface area contributed by atoms with E-state index in [1.54, 1.807) is 29.9 Å². The van der Waals surface area contributed by atoms with Crippen LogP contribution in [-0.2, 0) is 30.5 Å². The normalized spacial score (nSPS) is 19.2. The van der Waals surface area contributed by atoms with E-state index >= 15 is 0 Å². The molecule has 0 saturated carbocycles. The number of nitrogens with two attached hydrogens (primary N) is 1. The molecule has 1 aliphatic rings. The summed E-state index contributed by atoms with van der Waals surface area (Å²) in [6.07, 6.45) is 6.68.